The molecule has 0 aliphatic rings. The molecule has 2 aromatic rings. The van der Waals surface area contributed by atoms with E-state index in [1.165, 1.54) is 30.1 Å². The lowest BCUT2D eigenvalue weighted by atomic mass is 10.0. The Morgan fingerprint density at radius 1 is 1.27 bits per heavy atom. The predicted octanol–water partition coefficient (Wildman–Crippen LogP) is 3.58. The standard InChI is InChI=1S/C17H13N3O4.C2H6/c1-19(10-13-5-2-4-12(8-13)9-18)17(22)16-14(11-21)6-3-7-15(16)20(23)24;1-2/h2-8,11H,10H2,1H3;1-2H3. The van der Waals surface area contributed by atoms with E-state index < -0.39 is 16.5 Å². The van der Waals surface area contributed by atoms with Crippen LogP contribution in [0.4, 0.5) is 5.69 Å². The van der Waals surface area contributed by atoms with Crippen molar-refractivity contribution in [2.45, 2.75) is 20.4 Å². The third-order valence-corrected chi connectivity index (χ3v) is 3.43. The van der Waals surface area contributed by atoms with Crippen molar-refractivity contribution in [1.29, 1.82) is 5.26 Å². The Balaban J connectivity index is 0.00000163. The van der Waals surface area contributed by atoms with Crippen LogP contribution in [0.25, 0.3) is 0 Å². The van der Waals surface area contributed by atoms with Crippen LogP contribution in [0, 0.1) is 21.4 Å². The Bertz CT molecular complexity index is 856. The van der Waals surface area contributed by atoms with Crippen molar-refractivity contribution >= 4 is 17.9 Å². The number of rotatable bonds is 5. The molecular weight excluding hydrogens is 334 g/mol. The van der Waals surface area contributed by atoms with Gasteiger partial charge in [-0.1, -0.05) is 38.1 Å². The van der Waals surface area contributed by atoms with E-state index in [4.69, 9.17) is 5.26 Å². The van der Waals surface area contributed by atoms with E-state index in [2.05, 4.69) is 0 Å². The third-order valence-electron chi connectivity index (χ3n) is 3.43. The first kappa shape index (κ1) is 20.5. The summed E-state index contributed by atoms with van der Waals surface area (Å²) < 4.78 is 0. The number of benzene rings is 2. The summed E-state index contributed by atoms with van der Waals surface area (Å²) in [6, 6.07) is 12.6. The molecule has 1 amide bonds. The Labute approximate surface area is 151 Å². The number of nitrogens with zero attached hydrogens (tertiary/aromatic N) is 3. The normalized spacial score (nSPS) is 9.31. The van der Waals surface area contributed by atoms with Crippen molar-refractivity contribution in [1.82, 2.24) is 4.90 Å². The Kier molecular flexibility index (Phi) is 7.65. The van der Waals surface area contributed by atoms with Crippen LogP contribution in [0.5, 0.6) is 0 Å². The number of hydrogen-bond acceptors (Lipinski definition) is 5. The van der Waals surface area contributed by atoms with Gasteiger partial charge in [-0.05, 0) is 17.7 Å². The molecule has 7 heteroatoms. The molecule has 2 aromatic carbocycles. The SMILES string of the molecule is CC.CN(Cc1cccc(C#N)c1)C(=O)c1c(C=O)cccc1[N+](=O)[O-]. The van der Waals surface area contributed by atoms with Crippen LogP contribution in [0.1, 0.15) is 45.7 Å². The minimum atomic E-state index is -0.690. The molecule has 0 aliphatic carbocycles. The van der Waals surface area contributed by atoms with Crippen molar-refractivity contribution in [3.8, 4) is 6.07 Å². The van der Waals surface area contributed by atoms with Gasteiger partial charge in [0.15, 0.2) is 6.29 Å². The van der Waals surface area contributed by atoms with Crippen LogP contribution in [0.3, 0.4) is 0 Å². The van der Waals surface area contributed by atoms with Crippen molar-refractivity contribution in [2.75, 3.05) is 7.05 Å². The summed E-state index contributed by atoms with van der Waals surface area (Å²) in [6.45, 7) is 4.15. The number of aldehydes is 1. The van der Waals surface area contributed by atoms with E-state index >= 15 is 0 Å². The highest BCUT2D eigenvalue weighted by atomic mass is 16.6. The summed E-state index contributed by atoms with van der Waals surface area (Å²) in [5.74, 6) is -0.633. The molecule has 0 aliphatic heterocycles. The molecule has 0 atom stereocenters. The van der Waals surface area contributed by atoms with E-state index in [-0.39, 0.29) is 17.7 Å². The number of nitriles is 1. The number of amides is 1. The van der Waals surface area contributed by atoms with Crippen LogP contribution in [-0.2, 0) is 6.54 Å². The molecule has 0 radical (unpaired) electrons. The maximum Gasteiger partial charge on any atom is 0.282 e. The molecular formula is C19H19N3O4. The maximum absolute atomic E-state index is 12.6. The largest absolute Gasteiger partial charge is 0.337 e. The van der Waals surface area contributed by atoms with E-state index in [1.54, 1.807) is 24.3 Å². The summed E-state index contributed by atoms with van der Waals surface area (Å²) >= 11 is 0. The molecule has 0 spiro atoms. The number of hydrogen-bond donors (Lipinski definition) is 0. The zero-order chi connectivity index (χ0) is 19.7. The fourth-order valence-electron chi connectivity index (χ4n) is 2.32. The van der Waals surface area contributed by atoms with E-state index in [0.717, 1.165) is 0 Å². The third kappa shape index (κ3) is 4.74. The molecule has 0 heterocycles. The van der Waals surface area contributed by atoms with Gasteiger partial charge in [-0.2, -0.15) is 5.26 Å². The molecule has 0 saturated heterocycles. The molecule has 0 saturated carbocycles. The number of nitro benzene ring substituents is 1. The Morgan fingerprint density at radius 2 is 1.92 bits per heavy atom. The summed E-state index contributed by atoms with van der Waals surface area (Å²) in [5.41, 5.74) is 0.467. The smallest absolute Gasteiger partial charge is 0.282 e. The average Bonchev–Trinajstić information content (AvgIpc) is 2.68. The molecule has 0 unspecified atom stereocenters. The Hall–Kier alpha value is -3.53. The first-order chi connectivity index (χ1) is 12.5. The first-order valence-corrected chi connectivity index (χ1v) is 7.95. The summed E-state index contributed by atoms with van der Waals surface area (Å²) in [7, 11) is 1.48. The van der Waals surface area contributed by atoms with Crippen LogP contribution in [-0.4, -0.2) is 29.1 Å². The van der Waals surface area contributed by atoms with Crippen LogP contribution < -0.4 is 0 Å². The van der Waals surface area contributed by atoms with Gasteiger partial charge in [0.2, 0.25) is 0 Å². The average molecular weight is 353 g/mol. The maximum atomic E-state index is 12.6. The quantitative estimate of drug-likeness (QED) is 0.464. The summed E-state index contributed by atoms with van der Waals surface area (Å²) in [4.78, 5) is 35.5. The lowest BCUT2D eigenvalue weighted by molar-refractivity contribution is -0.385. The van der Waals surface area contributed by atoms with Crippen LogP contribution in [0.15, 0.2) is 42.5 Å². The summed E-state index contributed by atoms with van der Waals surface area (Å²) in [5, 5.41) is 20.0. The van der Waals surface area contributed by atoms with E-state index in [1.807, 2.05) is 19.9 Å². The van der Waals surface area contributed by atoms with Gasteiger partial charge in [0.25, 0.3) is 11.6 Å². The van der Waals surface area contributed by atoms with Gasteiger partial charge in [-0.15, -0.1) is 0 Å². The fourth-order valence-corrected chi connectivity index (χ4v) is 2.32. The fraction of sp³-hybridized carbons (Fsp3) is 0.211. The molecule has 0 bridgehead atoms. The number of carbonyl (C=O) groups excluding carboxylic acids is 2. The van der Waals surface area contributed by atoms with Crippen molar-refractivity contribution in [3.63, 3.8) is 0 Å². The minimum absolute atomic E-state index is 0.0353. The van der Waals surface area contributed by atoms with Gasteiger partial charge in [-0.25, -0.2) is 0 Å². The van der Waals surface area contributed by atoms with Crippen LogP contribution >= 0.6 is 0 Å². The minimum Gasteiger partial charge on any atom is -0.337 e. The van der Waals surface area contributed by atoms with Gasteiger partial charge in [0.05, 0.1) is 16.6 Å². The molecule has 7 nitrogen and oxygen atoms in total. The molecule has 134 valence electrons. The number of carbonyl (C=O) groups is 2. The highest BCUT2D eigenvalue weighted by molar-refractivity contribution is 6.04. The zero-order valence-electron chi connectivity index (χ0n) is 14.8. The van der Waals surface area contributed by atoms with Crippen LogP contribution in [0.2, 0.25) is 0 Å². The number of nitro groups is 1. The van der Waals surface area contributed by atoms with Crippen molar-refractivity contribution in [2.24, 2.45) is 0 Å². The highest BCUT2D eigenvalue weighted by Gasteiger charge is 2.26. The van der Waals surface area contributed by atoms with Crippen molar-refractivity contribution in [3.05, 3.63) is 74.8 Å². The van der Waals surface area contributed by atoms with Gasteiger partial charge in [-0.3, -0.25) is 19.7 Å². The molecule has 0 fully saturated rings. The second-order valence-corrected chi connectivity index (χ2v) is 5.09. The first-order valence-electron chi connectivity index (χ1n) is 7.95. The molecule has 26 heavy (non-hydrogen) atoms. The summed E-state index contributed by atoms with van der Waals surface area (Å²) in [6.07, 6.45) is 0.421. The zero-order valence-corrected chi connectivity index (χ0v) is 14.8. The lowest BCUT2D eigenvalue weighted by Crippen LogP contribution is -2.28. The monoisotopic (exact) mass is 353 g/mol. The molecule has 2 rings (SSSR count). The topological polar surface area (TPSA) is 104 Å². The van der Waals surface area contributed by atoms with E-state index in [0.29, 0.717) is 17.4 Å². The van der Waals surface area contributed by atoms with Gasteiger partial charge >= 0.3 is 0 Å². The highest BCUT2D eigenvalue weighted by Crippen LogP contribution is 2.23. The van der Waals surface area contributed by atoms with Gasteiger partial charge in [0.1, 0.15) is 5.56 Å². The van der Waals surface area contributed by atoms with E-state index in [9.17, 15) is 19.7 Å². The predicted molar refractivity (Wildman–Crippen MR) is 96.8 cm³/mol. The second-order valence-electron chi connectivity index (χ2n) is 5.09. The van der Waals surface area contributed by atoms with Gasteiger partial charge < -0.3 is 4.90 Å². The molecule has 0 aromatic heterocycles. The second kappa shape index (κ2) is 9.69. The lowest BCUT2D eigenvalue weighted by Gasteiger charge is -2.18. The van der Waals surface area contributed by atoms with Gasteiger partial charge in [0, 0.05) is 25.2 Å². The Morgan fingerprint density at radius 3 is 2.50 bits per heavy atom. The molecule has 0 N–H and O–H groups in total. The van der Waals surface area contributed by atoms with Crippen molar-refractivity contribution < 1.29 is 14.5 Å².